The summed E-state index contributed by atoms with van der Waals surface area (Å²) < 4.78 is 0. The molecule has 0 radical (unpaired) electrons. The summed E-state index contributed by atoms with van der Waals surface area (Å²) in [6.45, 7) is 1.30. The van der Waals surface area contributed by atoms with Crippen molar-refractivity contribution < 1.29 is 14.7 Å². The van der Waals surface area contributed by atoms with Gasteiger partial charge in [-0.25, -0.2) is 4.79 Å². The number of carbonyl (C=O) groups excluding carboxylic acids is 1. The molecule has 1 aromatic heterocycles. The van der Waals surface area contributed by atoms with E-state index in [0.717, 1.165) is 12.6 Å². The van der Waals surface area contributed by atoms with Crippen molar-refractivity contribution in [2.75, 3.05) is 27.2 Å². The van der Waals surface area contributed by atoms with Crippen LogP contribution >= 0.6 is 0 Å². The Kier molecular flexibility index (Phi) is 5.69. The summed E-state index contributed by atoms with van der Waals surface area (Å²) in [7, 11) is 3.85. The number of carbonyl (C=O) groups is 2. The number of carboxylic acids is 1. The molecule has 0 unspecified atom stereocenters. The molecule has 0 aliphatic heterocycles. The van der Waals surface area contributed by atoms with Crippen LogP contribution in [0.25, 0.3) is 6.08 Å². The summed E-state index contributed by atoms with van der Waals surface area (Å²) in [4.78, 5) is 28.0. The number of hydrogen-bond acceptors (Lipinski definition) is 4. The van der Waals surface area contributed by atoms with Crippen molar-refractivity contribution >= 4 is 18.0 Å². The third kappa shape index (κ3) is 5.78. The fraction of sp³-hybridized carbons (Fsp3) is 0.308. The minimum atomic E-state index is -1.02. The average Bonchev–Trinajstić information content (AvgIpc) is 2.36. The molecule has 0 saturated heterocycles. The maximum atomic E-state index is 11.7. The molecule has 0 spiro atoms. The topological polar surface area (TPSA) is 82.5 Å². The first-order valence-corrected chi connectivity index (χ1v) is 5.79. The molecule has 0 saturated carbocycles. The molecule has 1 aromatic rings. The Hall–Kier alpha value is -2.21. The molecule has 1 heterocycles. The van der Waals surface area contributed by atoms with Gasteiger partial charge in [-0.15, -0.1) is 0 Å². The van der Waals surface area contributed by atoms with E-state index in [1.807, 2.05) is 19.0 Å². The van der Waals surface area contributed by atoms with Crippen molar-refractivity contribution in [3.63, 3.8) is 0 Å². The summed E-state index contributed by atoms with van der Waals surface area (Å²) >= 11 is 0. The summed E-state index contributed by atoms with van der Waals surface area (Å²) in [5, 5.41) is 11.2. The Bertz CT molecular complexity index is 467. The van der Waals surface area contributed by atoms with Crippen LogP contribution in [-0.4, -0.2) is 54.1 Å². The Morgan fingerprint density at radius 2 is 2.16 bits per heavy atom. The standard InChI is InChI=1S/C13H17N3O3/c1-16(2)8-7-14-13(19)11-5-3-10(9-15-11)4-6-12(17)18/h3-6,9H,7-8H2,1-2H3,(H,14,19)(H,17,18). The molecule has 19 heavy (non-hydrogen) atoms. The number of carboxylic acid groups (broad SMARTS) is 1. The van der Waals surface area contributed by atoms with E-state index >= 15 is 0 Å². The van der Waals surface area contributed by atoms with E-state index in [1.54, 1.807) is 12.1 Å². The molecule has 0 atom stereocenters. The van der Waals surface area contributed by atoms with Crippen molar-refractivity contribution in [1.82, 2.24) is 15.2 Å². The first-order valence-electron chi connectivity index (χ1n) is 5.79. The van der Waals surface area contributed by atoms with E-state index < -0.39 is 5.97 Å². The zero-order valence-electron chi connectivity index (χ0n) is 11.0. The van der Waals surface area contributed by atoms with Gasteiger partial charge in [0.25, 0.3) is 5.91 Å². The Morgan fingerprint density at radius 3 is 2.68 bits per heavy atom. The first-order chi connectivity index (χ1) is 8.99. The lowest BCUT2D eigenvalue weighted by molar-refractivity contribution is -0.131. The second-order valence-electron chi connectivity index (χ2n) is 4.21. The number of nitrogens with zero attached hydrogens (tertiary/aromatic N) is 2. The van der Waals surface area contributed by atoms with Gasteiger partial charge in [-0.3, -0.25) is 9.78 Å². The smallest absolute Gasteiger partial charge is 0.328 e. The summed E-state index contributed by atoms with van der Waals surface area (Å²) in [5.41, 5.74) is 0.943. The van der Waals surface area contributed by atoms with Crippen molar-refractivity contribution in [2.45, 2.75) is 0 Å². The van der Waals surface area contributed by atoms with Crippen molar-refractivity contribution in [3.05, 3.63) is 35.7 Å². The zero-order chi connectivity index (χ0) is 14.3. The van der Waals surface area contributed by atoms with Gasteiger partial charge in [0.2, 0.25) is 0 Å². The number of likely N-dealkylation sites (N-methyl/N-ethyl adjacent to an activating group) is 1. The lowest BCUT2D eigenvalue weighted by Crippen LogP contribution is -2.31. The minimum Gasteiger partial charge on any atom is -0.478 e. The van der Waals surface area contributed by atoms with Crippen LogP contribution in [0.3, 0.4) is 0 Å². The van der Waals surface area contributed by atoms with E-state index in [1.165, 1.54) is 12.3 Å². The molecular weight excluding hydrogens is 246 g/mol. The molecule has 0 aliphatic carbocycles. The molecule has 6 heteroatoms. The normalized spacial score (nSPS) is 10.9. The number of aliphatic carboxylic acids is 1. The molecule has 0 aliphatic rings. The number of rotatable bonds is 6. The van der Waals surface area contributed by atoms with Gasteiger partial charge in [0.1, 0.15) is 5.69 Å². The molecule has 102 valence electrons. The number of pyridine rings is 1. The highest BCUT2D eigenvalue weighted by Crippen LogP contribution is 2.02. The number of nitrogens with one attached hydrogen (secondary N) is 1. The highest BCUT2D eigenvalue weighted by atomic mass is 16.4. The Labute approximate surface area is 111 Å². The number of aromatic nitrogens is 1. The van der Waals surface area contributed by atoms with Crippen LogP contribution in [0.15, 0.2) is 24.4 Å². The molecule has 6 nitrogen and oxygen atoms in total. The van der Waals surface area contributed by atoms with Gasteiger partial charge < -0.3 is 15.3 Å². The monoisotopic (exact) mass is 263 g/mol. The van der Waals surface area contributed by atoms with Gasteiger partial charge in [0.05, 0.1) is 0 Å². The molecule has 0 fully saturated rings. The molecule has 1 amide bonds. The largest absolute Gasteiger partial charge is 0.478 e. The second kappa shape index (κ2) is 7.27. The zero-order valence-corrected chi connectivity index (χ0v) is 11.0. The van der Waals surface area contributed by atoms with Gasteiger partial charge in [-0.2, -0.15) is 0 Å². The second-order valence-corrected chi connectivity index (χ2v) is 4.21. The van der Waals surface area contributed by atoms with E-state index in [-0.39, 0.29) is 5.91 Å². The molecule has 2 N–H and O–H groups in total. The molecule has 0 bridgehead atoms. The predicted molar refractivity (Wildman–Crippen MR) is 71.8 cm³/mol. The molecule has 1 rings (SSSR count). The van der Waals surface area contributed by atoms with E-state index in [0.29, 0.717) is 17.8 Å². The first kappa shape index (κ1) is 14.8. The van der Waals surface area contributed by atoms with Crippen LogP contribution in [0.4, 0.5) is 0 Å². The lowest BCUT2D eigenvalue weighted by Gasteiger charge is -2.10. The maximum absolute atomic E-state index is 11.7. The van der Waals surface area contributed by atoms with Crippen LogP contribution < -0.4 is 5.32 Å². The SMILES string of the molecule is CN(C)CCNC(=O)c1ccc(C=CC(=O)O)cn1. The third-order valence-electron chi connectivity index (χ3n) is 2.28. The molecular formula is C13H17N3O3. The lowest BCUT2D eigenvalue weighted by atomic mass is 10.2. The van der Waals surface area contributed by atoms with Crippen molar-refractivity contribution in [1.29, 1.82) is 0 Å². The van der Waals surface area contributed by atoms with Crippen LogP contribution in [0.2, 0.25) is 0 Å². The van der Waals surface area contributed by atoms with Gasteiger partial charge in [0.15, 0.2) is 0 Å². The predicted octanol–water partition coefficient (Wildman–Crippen LogP) is 0.471. The van der Waals surface area contributed by atoms with E-state index in [2.05, 4.69) is 10.3 Å². The van der Waals surface area contributed by atoms with Gasteiger partial charge in [0, 0.05) is 25.4 Å². The van der Waals surface area contributed by atoms with Crippen molar-refractivity contribution in [2.24, 2.45) is 0 Å². The fourth-order valence-electron chi connectivity index (χ4n) is 1.29. The summed E-state index contributed by atoms with van der Waals surface area (Å²) in [6, 6.07) is 3.21. The van der Waals surface area contributed by atoms with Crippen LogP contribution in [-0.2, 0) is 4.79 Å². The third-order valence-corrected chi connectivity index (χ3v) is 2.28. The average molecular weight is 263 g/mol. The highest BCUT2D eigenvalue weighted by molar-refractivity contribution is 5.92. The van der Waals surface area contributed by atoms with E-state index in [4.69, 9.17) is 5.11 Å². The highest BCUT2D eigenvalue weighted by Gasteiger charge is 2.05. The number of hydrogen-bond donors (Lipinski definition) is 2. The maximum Gasteiger partial charge on any atom is 0.328 e. The quantitative estimate of drug-likeness (QED) is 0.729. The van der Waals surface area contributed by atoms with Gasteiger partial charge in [-0.05, 0) is 31.8 Å². The minimum absolute atomic E-state index is 0.240. The van der Waals surface area contributed by atoms with Gasteiger partial charge >= 0.3 is 5.97 Å². The Morgan fingerprint density at radius 1 is 1.42 bits per heavy atom. The van der Waals surface area contributed by atoms with Crippen LogP contribution in [0.1, 0.15) is 16.1 Å². The van der Waals surface area contributed by atoms with E-state index in [9.17, 15) is 9.59 Å². The summed E-state index contributed by atoms with van der Waals surface area (Å²) in [5.74, 6) is -1.26. The van der Waals surface area contributed by atoms with Crippen LogP contribution in [0, 0.1) is 0 Å². The number of amides is 1. The Balaban J connectivity index is 2.55. The summed E-state index contributed by atoms with van der Waals surface area (Å²) in [6.07, 6.45) is 3.90. The molecule has 0 aromatic carbocycles. The van der Waals surface area contributed by atoms with Crippen molar-refractivity contribution in [3.8, 4) is 0 Å². The van der Waals surface area contributed by atoms with Gasteiger partial charge in [-0.1, -0.05) is 6.07 Å². The van der Waals surface area contributed by atoms with Crippen LogP contribution in [0.5, 0.6) is 0 Å². The fourth-order valence-corrected chi connectivity index (χ4v) is 1.29.